The monoisotopic (exact) mass is 262 g/mol. The van der Waals surface area contributed by atoms with Gasteiger partial charge in [0.05, 0.1) is 12.7 Å². The summed E-state index contributed by atoms with van der Waals surface area (Å²) in [6.45, 7) is 3.64. The number of rotatable bonds is 7. The summed E-state index contributed by atoms with van der Waals surface area (Å²) in [5.74, 6) is 1.02. The maximum Gasteiger partial charge on any atom is 0.162 e. The molecule has 0 N–H and O–H groups in total. The smallest absolute Gasteiger partial charge is 0.162 e. The van der Waals surface area contributed by atoms with Crippen molar-refractivity contribution in [2.24, 2.45) is 0 Å². The van der Waals surface area contributed by atoms with Crippen LogP contribution in [0.25, 0.3) is 0 Å². The Balaban J connectivity index is 1.81. The van der Waals surface area contributed by atoms with E-state index in [1.807, 2.05) is 24.3 Å². The second kappa shape index (κ2) is 7.29. The van der Waals surface area contributed by atoms with Crippen molar-refractivity contribution in [2.45, 2.75) is 45.1 Å². The van der Waals surface area contributed by atoms with Gasteiger partial charge >= 0.3 is 0 Å². The molecule has 1 aromatic rings. The highest BCUT2D eigenvalue weighted by molar-refractivity contribution is 5.96. The molecule has 0 aliphatic carbocycles. The first-order chi connectivity index (χ1) is 9.29. The highest BCUT2D eigenvalue weighted by Gasteiger charge is 2.17. The third-order valence-corrected chi connectivity index (χ3v) is 3.37. The summed E-state index contributed by atoms with van der Waals surface area (Å²) >= 11 is 0. The van der Waals surface area contributed by atoms with Gasteiger partial charge in [0.2, 0.25) is 0 Å². The van der Waals surface area contributed by atoms with Gasteiger partial charge in [0.15, 0.2) is 5.78 Å². The third-order valence-electron chi connectivity index (χ3n) is 3.37. The van der Waals surface area contributed by atoms with Crippen molar-refractivity contribution < 1.29 is 14.3 Å². The molecule has 0 bridgehead atoms. The number of benzene rings is 1. The minimum atomic E-state index is 0.192. The lowest BCUT2D eigenvalue weighted by molar-refractivity contribution is 0.0859. The molecule has 0 radical (unpaired) electrons. The molecule has 0 aromatic heterocycles. The summed E-state index contributed by atoms with van der Waals surface area (Å²) in [5.41, 5.74) is 0.766. The van der Waals surface area contributed by atoms with Crippen LogP contribution in [0, 0.1) is 0 Å². The molecule has 3 nitrogen and oxygen atoms in total. The molecule has 0 saturated carbocycles. The van der Waals surface area contributed by atoms with Crippen molar-refractivity contribution in [3.63, 3.8) is 0 Å². The van der Waals surface area contributed by atoms with Crippen molar-refractivity contribution in [1.29, 1.82) is 0 Å². The van der Waals surface area contributed by atoms with Crippen LogP contribution in [0.15, 0.2) is 24.3 Å². The van der Waals surface area contributed by atoms with Crippen molar-refractivity contribution in [2.75, 3.05) is 13.2 Å². The molecule has 1 heterocycles. The van der Waals surface area contributed by atoms with Crippen molar-refractivity contribution >= 4 is 5.78 Å². The van der Waals surface area contributed by atoms with Crippen LogP contribution in [0.4, 0.5) is 0 Å². The van der Waals surface area contributed by atoms with E-state index in [1.54, 1.807) is 0 Å². The largest absolute Gasteiger partial charge is 0.494 e. The van der Waals surface area contributed by atoms with Gasteiger partial charge in [-0.2, -0.15) is 0 Å². The van der Waals surface area contributed by atoms with Crippen LogP contribution in [-0.2, 0) is 4.74 Å². The highest BCUT2D eigenvalue weighted by Crippen LogP contribution is 2.19. The SMILES string of the molecule is CCCOc1ccc(C(=O)CCC2CCCO2)cc1. The number of hydrogen-bond donors (Lipinski definition) is 0. The number of ether oxygens (including phenoxy) is 2. The highest BCUT2D eigenvalue weighted by atomic mass is 16.5. The van der Waals surface area contributed by atoms with Crippen LogP contribution in [-0.4, -0.2) is 25.1 Å². The van der Waals surface area contributed by atoms with Crippen molar-refractivity contribution in [1.82, 2.24) is 0 Å². The van der Waals surface area contributed by atoms with E-state index in [2.05, 4.69) is 6.92 Å². The maximum atomic E-state index is 12.0. The second-order valence-corrected chi connectivity index (χ2v) is 4.97. The van der Waals surface area contributed by atoms with E-state index >= 15 is 0 Å². The molecule has 1 aromatic carbocycles. The number of carbonyl (C=O) groups excluding carboxylic acids is 1. The normalized spacial score (nSPS) is 18.5. The molecule has 0 spiro atoms. The Hall–Kier alpha value is -1.35. The number of Topliss-reactive ketones (excluding diaryl/α,β-unsaturated/α-hetero) is 1. The van der Waals surface area contributed by atoms with E-state index in [-0.39, 0.29) is 11.9 Å². The first-order valence-electron chi connectivity index (χ1n) is 7.17. The third kappa shape index (κ3) is 4.35. The van der Waals surface area contributed by atoms with Crippen LogP contribution in [0.5, 0.6) is 5.75 Å². The minimum absolute atomic E-state index is 0.192. The van der Waals surface area contributed by atoms with Gasteiger partial charge in [0.1, 0.15) is 5.75 Å². The summed E-state index contributed by atoms with van der Waals surface area (Å²) in [7, 11) is 0. The minimum Gasteiger partial charge on any atom is -0.494 e. The fraction of sp³-hybridized carbons (Fsp3) is 0.562. The Morgan fingerprint density at radius 3 is 2.79 bits per heavy atom. The number of ketones is 1. The van der Waals surface area contributed by atoms with Crippen LogP contribution < -0.4 is 4.74 Å². The lowest BCUT2D eigenvalue weighted by atomic mass is 10.0. The Morgan fingerprint density at radius 2 is 2.16 bits per heavy atom. The lowest BCUT2D eigenvalue weighted by Crippen LogP contribution is -2.08. The van der Waals surface area contributed by atoms with Crippen molar-refractivity contribution in [3.05, 3.63) is 29.8 Å². The predicted octanol–water partition coefficient (Wildman–Crippen LogP) is 3.62. The molecule has 1 aliphatic rings. The van der Waals surface area contributed by atoms with Crippen LogP contribution in [0.1, 0.15) is 49.4 Å². The molecule has 2 rings (SSSR count). The zero-order valence-corrected chi connectivity index (χ0v) is 11.6. The van der Waals surface area contributed by atoms with Crippen LogP contribution in [0.2, 0.25) is 0 Å². The molecule has 1 unspecified atom stereocenters. The molecule has 1 aliphatic heterocycles. The maximum absolute atomic E-state index is 12.0. The molecule has 1 fully saturated rings. The van der Waals surface area contributed by atoms with Crippen LogP contribution in [0.3, 0.4) is 0 Å². The Bertz CT molecular complexity index is 391. The van der Waals surface area contributed by atoms with Crippen molar-refractivity contribution in [3.8, 4) is 5.75 Å². The summed E-state index contributed by atoms with van der Waals surface area (Å²) in [6, 6.07) is 7.44. The Morgan fingerprint density at radius 1 is 1.37 bits per heavy atom. The molecular weight excluding hydrogens is 240 g/mol. The predicted molar refractivity (Wildman–Crippen MR) is 74.8 cm³/mol. The molecule has 3 heteroatoms. The quantitative estimate of drug-likeness (QED) is 0.704. The summed E-state index contributed by atoms with van der Waals surface area (Å²) in [6.07, 6.45) is 4.91. The zero-order valence-electron chi connectivity index (χ0n) is 11.6. The molecule has 0 amide bonds. The molecule has 19 heavy (non-hydrogen) atoms. The number of carbonyl (C=O) groups is 1. The zero-order chi connectivity index (χ0) is 13.5. The van der Waals surface area contributed by atoms with E-state index in [4.69, 9.17) is 9.47 Å². The molecule has 1 atom stereocenters. The fourth-order valence-electron chi connectivity index (χ4n) is 2.27. The molecule has 104 valence electrons. The van der Waals surface area contributed by atoms with E-state index in [0.29, 0.717) is 13.0 Å². The van der Waals surface area contributed by atoms with Gasteiger partial charge in [-0.1, -0.05) is 6.92 Å². The lowest BCUT2D eigenvalue weighted by Gasteiger charge is -2.09. The summed E-state index contributed by atoms with van der Waals surface area (Å²) in [4.78, 5) is 12.0. The second-order valence-electron chi connectivity index (χ2n) is 4.97. The van der Waals surface area contributed by atoms with Crippen LogP contribution >= 0.6 is 0 Å². The average molecular weight is 262 g/mol. The van der Waals surface area contributed by atoms with Gasteiger partial charge in [-0.3, -0.25) is 4.79 Å². The number of hydrogen-bond acceptors (Lipinski definition) is 3. The van der Waals surface area contributed by atoms with E-state index in [9.17, 15) is 4.79 Å². The van der Waals surface area contributed by atoms with Gasteiger partial charge in [-0.25, -0.2) is 0 Å². The van der Waals surface area contributed by atoms with E-state index in [0.717, 1.165) is 43.6 Å². The first-order valence-corrected chi connectivity index (χ1v) is 7.17. The van der Waals surface area contributed by atoms with E-state index < -0.39 is 0 Å². The summed E-state index contributed by atoms with van der Waals surface area (Å²) in [5, 5.41) is 0. The van der Waals surface area contributed by atoms with Gasteiger partial charge in [0, 0.05) is 18.6 Å². The standard InChI is InChI=1S/C16H22O3/c1-2-11-18-15-7-5-13(6-8-15)16(17)10-9-14-4-3-12-19-14/h5-8,14H,2-4,9-12H2,1H3. The Labute approximate surface area is 114 Å². The van der Waals surface area contributed by atoms with Gasteiger partial charge in [-0.15, -0.1) is 0 Å². The van der Waals surface area contributed by atoms with Gasteiger partial charge < -0.3 is 9.47 Å². The first kappa shape index (κ1) is 14.1. The van der Waals surface area contributed by atoms with E-state index in [1.165, 1.54) is 0 Å². The Kier molecular flexibility index (Phi) is 5.40. The average Bonchev–Trinajstić information content (AvgIpc) is 2.96. The topological polar surface area (TPSA) is 35.5 Å². The molecular formula is C16H22O3. The summed E-state index contributed by atoms with van der Waals surface area (Å²) < 4.78 is 11.0. The fourth-order valence-corrected chi connectivity index (χ4v) is 2.27. The van der Waals surface area contributed by atoms with Gasteiger partial charge in [-0.05, 0) is 49.9 Å². The van der Waals surface area contributed by atoms with Gasteiger partial charge in [0.25, 0.3) is 0 Å². The molecule has 1 saturated heterocycles.